The minimum Gasteiger partial charge on any atom is -0.454 e. The molecule has 1 atom stereocenters. The molecule has 0 spiro atoms. The molecule has 0 aromatic heterocycles. The molecule has 2 rings (SSSR count). The van der Waals surface area contributed by atoms with Crippen molar-refractivity contribution < 1.29 is 9.47 Å². The van der Waals surface area contributed by atoms with E-state index in [1.165, 1.54) is 12.8 Å². The van der Waals surface area contributed by atoms with Crippen LogP contribution in [0.2, 0.25) is 5.02 Å². The fourth-order valence-electron chi connectivity index (χ4n) is 1.99. The fourth-order valence-corrected chi connectivity index (χ4v) is 2.28. The standard InChI is InChI=1S/C13H18ClNO2/c1-2-3-4-5-11(15)9-6-12-13(7-10(9)14)17-8-16-12/h6-7,11H,2-5,8,15H2,1H3/t11-/m0/s1. The number of benzene rings is 1. The number of hydrogen-bond donors (Lipinski definition) is 1. The zero-order chi connectivity index (χ0) is 12.3. The average Bonchev–Trinajstić information content (AvgIpc) is 2.75. The van der Waals surface area contributed by atoms with Crippen molar-refractivity contribution >= 4 is 11.6 Å². The van der Waals surface area contributed by atoms with E-state index in [4.69, 9.17) is 26.8 Å². The molecule has 1 aromatic carbocycles. The summed E-state index contributed by atoms with van der Waals surface area (Å²) in [5.74, 6) is 1.45. The number of fused-ring (bicyclic) bond motifs is 1. The van der Waals surface area contributed by atoms with E-state index in [9.17, 15) is 0 Å². The molecule has 2 N–H and O–H groups in total. The van der Waals surface area contributed by atoms with Gasteiger partial charge in [-0.1, -0.05) is 37.8 Å². The Morgan fingerprint density at radius 1 is 1.29 bits per heavy atom. The molecule has 4 heteroatoms. The normalized spacial score (nSPS) is 15.0. The number of hydrogen-bond acceptors (Lipinski definition) is 3. The van der Waals surface area contributed by atoms with Gasteiger partial charge in [0.05, 0.1) is 0 Å². The SMILES string of the molecule is CCCCC[C@H](N)c1cc2c(cc1Cl)OCO2. The number of ether oxygens (including phenoxy) is 2. The summed E-state index contributed by atoms with van der Waals surface area (Å²) in [4.78, 5) is 0. The largest absolute Gasteiger partial charge is 0.454 e. The third kappa shape index (κ3) is 2.85. The van der Waals surface area contributed by atoms with Crippen LogP contribution >= 0.6 is 11.6 Å². The Morgan fingerprint density at radius 3 is 2.71 bits per heavy atom. The summed E-state index contributed by atoms with van der Waals surface area (Å²) >= 11 is 6.20. The van der Waals surface area contributed by atoms with Gasteiger partial charge in [-0.3, -0.25) is 0 Å². The highest BCUT2D eigenvalue weighted by Crippen LogP contribution is 2.39. The van der Waals surface area contributed by atoms with Crippen molar-refractivity contribution in [1.29, 1.82) is 0 Å². The van der Waals surface area contributed by atoms with Gasteiger partial charge in [-0.2, -0.15) is 0 Å². The van der Waals surface area contributed by atoms with E-state index in [-0.39, 0.29) is 12.8 Å². The molecule has 1 aliphatic heterocycles. The molecule has 0 fully saturated rings. The van der Waals surface area contributed by atoms with Gasteiger partial charge in [0, 0.05) is 17.1 Å². The second-order valence-corrected chi connectivity index (χ2v) is 4.74. The van der Waals surface area contributed by atoms with Crippen LogP contribution in [0.15, 0.2) is 12.1 Å². The predicted molar refractivity (Wildman–Crippen MR) is 68.6 cm³/mol. The van der Waals surface area contributed by atoms with E-state index in [1.807, 2.05) is 6.07 Å². The maximum atomic E-state index is 6.20. The minimum absolute atomic E-state index is 0.0245. The van der Waals surface area contributed by atoms with Crippen molar-refractivity contribution in [2.45, 2.75) is 38.6 Å². The highest BCUT2D eigenvalue weighted by Gasteiger charge is 2.19. The van der Waals surface area contributed by atoms with Crippen molar-refractivity contribution in [2.75, 3.05) is 6.79 Å². The van der Waals surface area contributed by atoms with Gasteiger partial charge in [0.2, 0.25) is 6.79 Å². The highest BCUT2D eigenvalue weighted by atomic mass is 35.5. The zero-order valence-electron chi connectivity index (χ0n) is 10.0. The van der Waals surface area contributed by atoms with Crippen LogP contribution in [0.4, 0.5) is 0 Å². The van der Waals surface area contributed by atoms with Crippen molar-refractivity contribution in [3.05, 3.63) is 22.7 Å². The summed E-state index contributed by atoms with van der Waals surface area (Å²) in [6, 6.07) is 3.67. The highest BCUT2D eigenvalue weighted by molar-refractivity contribution is 6.31. The third-order valence-electron chi connectivity index (χ3n) is 3.01. The van der Waals surface area contributed by atoms with Gasteiger partial charge in [0.15, 0.2) is 11.5 Å². The van der Waals surface area contributed by atoms with Gasteiger partial charge in [-0.25, -0.2) is 0 Å². The molecule has 1 aliphatic rings. The predicted octanol–water partition coefficient (Wildman–Crippen LogP) is 3.65. The van der Waals surface area contributed by atoms with Crippen LogP contribution in [-0.4, -0.2) is 6.79 Å². The zero-order valence-corrected chi connectivity index (χ0v) is 10.8. The lowest BCUT2D eigenvalue weighted by Gasteiger charge is -2.14. The van der Waals surface area contributed by atoms with Crippen molar-refractivity contribution in [3.8, 4) is 11.5 Å². The Kier molecular flexibility index (Phi) is 4.13. The van der Waals surface area contributed by atoms with Crippen LogP contribution in [0.3, 0.4) is 0 Å². The summed E-state index contributed by atoms with van der Waals surface area (Å²) < 4.78 is 10.6. The molecule has 0 bridgehead atoms. The minimum atomic E-state index is -0.0245. The molecule has 0 saturated heterocycles. The first-order valence-electron chi connectivity index (χ1n) is 6.07. The van der Waals surface area contributed by atoms with Gasteiger partial charge in [-0.15, -0.1) is 0 Å². The van der Waals surface area contributed by atoms with Crippen LogP contribution in [0, 0.1) is 0 Å². The molecule has 3 nitrogen and oxygen atoms in total. The first kappa shape index (κ1) is 12.5. The molecule has 94 valence electrons. The summed E-state index contributed by atoms with van der Waals surface area (Å²) in [6.45, 7) is 2.44. The molecular formula is C13H18ClNO2. The molecule has 0 amide bonds. The Balaban J connectivity index is 2.09. The third-order valence-corrected chi connectivity index (χ3v) is 3.34. The Hall–Kier alpha value is -0.930. The molecule has 1 aromatic rings. The lowest BCUT2D eigenvalue weighted by molar-refractivity contribution is 0.174. The van der Waals surface area contributed by atoms with E-state index in [1.54, 1.807) is 6.07 Å². The van der Waals surface area contributed by atoms with E-state index in [0.717, 1.165) is 24.2 Å². The Bertz CT molecular complexity index is 395. The molecule has 17 heavy (non-hydrogen) atoms. The number of unbranched alkanes of at least 4 members (excludes halogenated alkanes) is 2. The van der Waals surface area contributed by atoms with E-state index in [2.05, 4.69) is 6.92 Å². The number of halogens is 1. The molecule has 0 aliphatic carbocycles. The average molecular weight is 256 g/mol. The van der Waals surface area contributed by atoms with E-state index < -0.39 is 0 Å². The smallest absolute Gasteiger partial charge is 0.231 e. The van der Waals surface area contributed by atoms with Crippen molar-refractivity contribution in [2.24, 2.45) is 5.73 Å². The van der Waals surface area contributed by atoms with Crippen LogP contribution in [0.25, 0.3) is 0 Å². The quantitative estimate of drug-likeness (QED) is 0.817. The monoisotopic (exact) mass is 255 g/mol. The molecule has 0 radical (unpaired) electrons. The maximum Gasteiger partial charge on any atom is 0.231 e. The molecular weight excluding hydrogens is 238 g/mol. The molecule has 1 heterocycles. The second-order valence-electron chi connectivity index (χ2n) is 4.33. The number of rotatable bonds is 5. The van der Waals surface area contributed by atoms with Gasteiger partial charge in [0.25, 0.3) is 0 Å². The summed E-state index contributed by atoms with van der Waals surface area (Å²) in [5, 5.41) is 0.665. The Morgan fingerprint density at radius 2 is 2.00 bits per heavy atom. The lowest BCUT2D eigenvalue weighted by atomic mass is 10.0. The van der Waals surface area contributed by atoms with Crippen molar-refractivity contribution in [3.63, 3.8) is 0 Å². The first-order chi connectivity index (χ1) is 8.22. The lowest BCUT2D eigenvalue weighted by Crippen LogP contribution is -2.10. The van der Waals surface area contributed by atoms with Gasteiger partial charge in [0.1, 0.15) is 0 Å². The fraction of sp³-hybridized carbons (Fsp3) is 0.538. The maximum absolute atomic E-state index is 6.20. The van der Waals surface area contributed by atoms with Gasteiger partial charge >= 0.3 is 0 Å². The van der Waals surface area contributed by atoms with Gasteiger partial charge < -0.3 is 15.2 Å². The Labute approximate surface area is 107 Å². The van der Waals surface area contributed by atoms with Crippen LogP contribution in [0.1, 0.15) is 44.2 Å². The topological polar surface area (TPSA) is 44.5 Å². The van der Waals surface area contributed by atoms with E-state index >= 15 is 0 Å². The van der Waals surface area contributed by atoms with Gasteiger partial charge in [-0.05, 0) is 18.1 Å². The first-order valence-corrected chi connectivity index (χ1v) is 6.44. The number of nitrogens with two attached hydrogens (primary N) is 1. The molecule has 0 unspecified atom stereocenters. The molecule has 0 saturated carbocycles. The van der Waals surface area contributed by atoms with Crippen LogP contribution in [0.5, 0.6) is 11.5 Å². The van der Waals surface area contributed by atoms with Crippen LogP contribution < -0.4 is 15.2 Å². The van der Waals surface area contributed by atoms with E-state index in [0.29, 0.717) is 10.8 Å². The van der Waals surface area contributed by atoms with Crippen molar-refractivity contribution in [1.82, 2.24) is 0 Å². The second kappa shape index (κ2) is 5.61. The summed E-state index contributed by atoms with van der Waals surface area (Å²) in [6.07, 6.45) is 4.48. The summed E-state index contributed by atoms with van der Waals surface area (Å²) in [5.41, 5.74) is 7.10. The summed E-state index contributed by atoms with van der Waals surface area (Å²) in [7, 11) is 0. The van der Waals surface area contributed by atoms with Crippen LogP contribution in [-0.2, 0) is 0 Å².